The zero-order valence-corrected chi connectivity index (χ0v) is 16.7. The van der Waals surface area contributed by atoms with E-state index in [1.807, 2.05) is 12.1 Å². The van der Waals surface area contributed by atoms with Crippen LogP contribution in [-0.4, -0.2) is 16.2 Å². The number of hydrogen-bond donors (Lipinski definition) is 2. The van der Waals surface area contributed by atoms with Crippen molar-refractivity contribution in [3.05, 3.63) is 63.2 Å². The Labute approximate surface area is 160 Å². The zero-order chi connectivity index (χ0) is 20.4. The first-order valence-corrected chi connectivity index (χ1v) is 8.81. The second kappa shape index (κ2) is 7.39. The monoisotopic (exact) mass is 369 g/mol. The molecule has 0 unspecified atom stereocenters. The Balaban J connectivity index is 2.37. The number of non-ortho nitro benzene ring substituents is 1. The van der Waals surface area contributed by atoms with Gasteiger partial charge in [-0.05, 0) is 34.6 Å². The van der Waals surface area contributed by atoms with Gasteiger partial charge >= 0.3 is 0 Å². The Morgan fingerprint density at radius 2 is 1.59 bits per heavy atom. The molecule has 0 bridgehead atoms. The quantitative estimate of drug-likeness (QED) is 0.432. The lowest BCUT2D eigenvalue weighted by molar-refractivity contribution is -0.384. The molecule has 0 fully saturated rings. The van der Waals surface area contributed by atoms with Gasteiger partial charge in [-0.25, -0.2) is 0 Å². The number of rotatable bonds is 4. The summed E-state index contributed by atoms with van der Waals surface area (Å²) in [4.78, 5) is 10.4. The highest BCUT2D eigenvalue weighted by molar-refractivity contribution is 5.82. The highest BCUT2D eigenvalue weighted by Gasteiger charge is 2.26. The molecule has 0 spiro atoms. The van der Waals surface area contributed by atoms with Crippen LogP contribution in [0.1, 0.15) is 58.2 Å². The fraction of sp³-hybridized carbons (Fsp3) is 0.381. The first-order chi connectivity index (χ1) is 12.4. The van der Waals surface area contributed by atoms with Gasteiger partial charge in [-0.2, -0.15) is 5.10 Å². The molecule has 0 saturated heterocycles. The standard InChI is InChI=1S/C21H27N3O3/c1-20(2,3)17-10-14(11-18(19(17)25)21(4,5)6)13-22-23-15-8-7-9-16(12-15)24(26)27/h7-13,23,25H,1-6H3/b22-13-. The number of nitro benzene ring substituents is 1. The molecule has 0 aliphatic carbocycles. The number of phenols is 1. The third-order valence-corrected chi connectivity index (χ3v) is 4.21. The molecule has 0 heterocycles. The minimum absolute atomic E-state index is 0.00451. The van der Waals surface area contributed by atoms with Gasteiger partial charge in [0.25, 0.3) is 5.69 Å². The van der Waals surface area contributed by atoms with E-state index >= 15 is 0 Å². The Morgan fingerprint density at radius 3 is 2.07 bits per heavy atom. The predicted molar refractivity (Wildman–Crippen MR) is 110 cm³/mol. The summed E-state index contributed by atoms with van der Waals surface area (Å²) in [7, 11) is 0. The molecular formula is C21H27N3O3. The van der Waals surface area contributed by atoms with Crippen LogP contribution in [0, 0.1) is 10.1 Å². The van der Waals surface area contributed by atoms with Crippen LogP contribution in [0.25, 0.3) is 0 Å². The second-order valence-corrected chi connectivity index (χ2v) is 8.64. The Bertz CT molecular complexity index is 840. The van der Waals surface area contributed by atoms with E-state index in [0.717, 1.165) is 16.7 Å². The van der Waals surface area contributed by atoms with Crippen LogP contribution < -0.4 is 5.43 Å². The topological polar surface area (TPSA) is 87.8 Å². The summed E-state index contributed by atoms with van der Waals surface area (Å²) >= 11 is 0. The molecule has 6 nitrogen and oxygen atoms in total. The number of nitro groups is 1. The average Bonchev–Trinajstić information content (AvgIpc) is 2.54. The van der Waals surface area contributed by atoms with Crippen molar-refractivity contribution in [3.8, 4) is 5.75 Å². The van der Waals surface area contributed by atoms with Crippen LogP contribution in [0.15, 0.2) is 41.5 Å². The Kier molecular flexibility index (Phi) is 5.59. The molecule has 27 heavy (non-hydrogen) atoms. The van der Waals surface area contributed by atoms with Gasteiger partial charge in [-0.15, -0.1) is 0 Å². The fourth-order valence-corrected chi connectivity index (χ4v) is 2.75. The van der Waals surface area contributed by atoms with E-state index in [-0.39, 0.29) is 16.5 Å². The lowest BCUT2D eigenvalue weighted by atomic mass is 9.78. The molecule has 6 heteroatoms. The number of aromatic hydroxyl groups is 1. The summed E-state index contributed by atoms with van der Waals surface area (Å²) in [6.07, 6.45) is 1.66. The van der Waals surface area contributed by atoms with Crippen LogP contribution in [0.5, 0.6) is 5.75 Å². The minimum Gasteiger partial charge on any atom is -0.507 e. The van der Waals surface area contributed by atoms with Gasteiger partial charge in [0.1, 0.15) is 5.75 Å². The predicted octanol–water partition coefficient (Wildman–Crippen LogP) is 5.34. The molecule has 0 radical (unpaired) electrons. The Hall–Kier alpha value is -2.89. The van der Waals surface area contributed by atoms with Crippen LogP contribution in [0.4, 0.5) is 11.4 Å². The summed E-state index contributed by atoms with van der Waals surface area (Å²) in [6.45, 7) is 12.3. The number of hydrogen-bond acceptors (Lipinski definition) is 5. The van der Waals surface area contributed by atoms with Gasteiger partial charge in [-0.1, -0.05) is 47.6 Å². The highest BCUT2D eigenvalue weighted by Crippen LogP contribution is 2.39. The zero-order valence-electron chi connectivity index (χ0n) is 16.7. The molecule has 0 aliphatic rings. The van der Waals surface area contributed by atoms with Gasteiger partial charge < -0.3 is 5.11 Å². The number of benzene rings is 2. The van der Waals surface area contributed by atoms with E-state index in [9.17, 15) is 15.2 Å². The van der Waals surface area contributed by atoms with Crippen molar-refractivity contribution in [3.63, 3.8) is 0 Å². The maximum Gasteiger partial charge on any atom is 0.271 e. The molecule has 0 aliphatic heterocycles. The third-order valence-electron chi connectivity index (χ3n) is 4.21. The van der Waals surface area contributed by atoms with Crippen molar-refractivity contribution in [1.82, 2.24) is 0 Å². The van der Waals surface area contributed by atoms with Gasteiger partial charge in [-0.3, -0.25) is 15.5 Å². The van der Waals surface area contributed by atoms with Gasteiger partial charge in [0, 0.05) is 23.3 Å². The van der Waals surface area contributed by atoms with E-state index in [1.165, 1.54) is 12.1 Å². The normalized spacial score (nSPS) is 12.4. The minimum atomic E-state index is -0.444. The molecule has 2 N–H and O–H groups in total. The lowest BCUT2D eigenvalue weighted by Crippen LogP contribution is -2.17. The molecule has 0 amide bonds. The van der Waals surface area contributed by atoms with Crippen molar-refractivity contribution in [2.24, 2.45) is 5.10 Å². The molecular weight excluding hydrogens is 342 g/mol. The Morgan fingerprint density at radius 1 is 1.04 bits per heavy atom. The van der Waals surface area contributed by atoms with Gasteiger partial charge in [0.2, 0.25) is 0 Å². The van der Waals surface area contributed by atoms with Crippen molar-refractivity contribution in [2.75, 3.05) is 5.43 Å². The number of nitrogens with one attached hydrogen (secondary N) is 1. The maximum atomic E-state index is 10.9. The average molecular weight is 369 g/mol. The molecule has 0 saturated carbocycles. The first kappa shape index (κ1) is 20.4. The molecule has 144 valence electrons. The number of phenolic OH excluding ortho intramolecular Hbond substituents is 1. The van der Waals surface area contributed by atoms with E-state index in [4.69, 9.17) is 0 Å². The van der Waals surface area contributed by atoms with E-state index in [0.29, 0.717) is 11.4 Å². The van der Waals surface area contributed by atoms with Crippen LogP contribution in [-0.2, 0) is 10.8 Å². The van der Waals surface area contributed by atoms with Gasteiger partial charge in [0.15, 0.2) is 0 Å². The van der Waals surface area contributed by atoms with E-state index < -0.39 is 4.92 Å². The number of nitrogens with zero attached hydrogens (tertiary/aromatic N) is 2. The maximum absolute atomic E-state index is 10.9. The van der Waals surface area contributed by atoms with Crippen LogP contribution in [0.2, 0.25) is 0 Å². The fourth-order valence-electron chi connectivity index (χ4n) is 2.75. The van der Waals surface area contributed by atoms with E-state index in [1.54, 1.807) is 18.3 Å². The molecule has 2 aromatic carbocycles. The lowest BCUT2D eigenvalue weighted by Gasteiger charge is -2.27. The largest absolute Gasteiger partial charge is 0.507 e. The highest BCUT2D eigenvalue weighted by atomic mass is 16.6. The molecule has 2 aromatic rings. The van der Waals surface area contributed by atoms with Crippen molar-refractivity contribution >= 4 is 17.6 Å². The molecule has 0 atom stereocenters. The summed E-state index contributed by atoms with van der Waals surface area (Å²) in [5, 5.41) is 25.8. The van der Waals surface area contributed by atoms with Gasteiger partial charge in [0.05, 0.1) is 16.8 Å². The van der Waals surface area contributed by atoms with Crippen LogP contribution in [0.3, 0.4) is 0 Å². The summed E-state index contributed by atoms with van der Waals surface area (Å²) in [5.41, 5.74) is 5.47. The molecule has 2 rings (SSSR count). The summed E-state index contributed by atoms with van der Waals surface area (Å²) < 4.78 is 0. The third kappa shape index (κ3) is 5.06. The number of hydrazone groups is 1. The van der Waals surface area contributed by atoms with Crippen molar-refractivity contribution in [1.29, 1.82) is 0 Å². The SMILES string of the molecule is CC(C)(C)c1cc(/C=N\Nc2cccc([N+](=O)[O-])c2)cc(C(C)(C)C)c1O. The second-order valence-electron chi connectivity index (χ2n) is 8.64. The first-order valence-electron chi connectivity index (χ1n) is 8.81. The summed E-state index contributed by atoms with van der Waals surface area (Å²) in [5.74, 6) is 0.318. The summed E-state index contributed by atoms with van der Waals surface area (Å²) in [6, 6.07) is 10.0. The number of anilines is 1. The van der Waals surface area contributed by atoms with Crippen LogP contribution >= 0.6 is 0 Å². The smallest absolute Gasteiger partial charge is 0.271 e. The van der Waals surface area contributed by atoms with E-state index in [2.05, 4.69) is 52.1 Å². The van der Waals surface area contributed by atoms with Crippen molar-refractivity contribution < 1.29 is 10.0 Å². The van der Waals surface area contributed by atoms with Crippen molar-refractivity contribution in [2.45, 2.75) is 52.4 Å². The molecule has 0 aromatic heterocycles.